The number of aromatic nitrogens is 2. The summed E-state index contributed by atoms with van der Waals surface area (Å²) in [5, 5.41) is 3.33. The molecule has 4 nitrogen and oxygen atoms in total. The van der Waals surface area contributed by atoms with Crippen LogP contribution in [0.1, 0.15) is 5.82 Å². The first-order valence-corrected chi connectivity index (χ1v) is 6.82. The van der Waals surface area contributed by atoms with Crippen LogP contribution in [0.4, 0.5) is 5.69 Å². The molecule has 0 radical (unpaired) electrons. The molecular formula is C17H17N3O. The first-order chi connectivity index (χ1) is 10.3. The molecule has 3 aromatic rings. The van der Waals surface area contributed by atoms with Crippen LogP contribution in [0.25, 0.3) is 11.3 Å². The number of nitrogens with zero attached hydrogens (tertiary/aromatic N) is 1. The maximum absolute atomic E-state index is 5.16. The van der Waals surface area contributed by atoms with Crippen molar-refractivity contribution in [1.82, 2.24) is 9.97 Å². The fourth-order valence-electron chi connectivity index (χ4n) is 2.11. The second-order valence-electron chi connectivity index (χ2n) is 4.69. The predicted octanol–water partition coefficient (Wildman–Crippen LogP) is 3.70. The number of anilines is 1. The molecule has 0 saturated carbocycles. The van der Waals surface area contributed by atoms with Gasteiger partial charge in [0.15, 0.2) is 0 Å². The van der Waals surface area contributed by atoms with Gasteiger partial charge >= 0.3 is 0 Å². The van der Waals surface area contributed by atoms with Gasteiger partial charge in [-0.3, -0.25) is 0 Å². The van der Waals surface area contributed by atoms with Gasteiger partial charge in [0.1, 0.15) is 11.6 Å². The first-order valence-electron chi connectivity index (χ1n) is 6.82. The summed E-state index contributed by atoms with van der Waals surface area (Å²) in [6.45, 7) is 0.667. The summed E-state index contributed by atoms with van der Waals surface area (Å²) in [5.41, 5.74) is 3.18. The highest BCUT2D eigenvalue weighted by molar-refractivity contribution is 5.59. The number of para-hydroxylation sites is 1. The van der Waals surface area contributed by atoms with Crippen LogP contribution >= 0.6 is 0 Å². The van der Waals surface area contributed by atoms with Gasteiger partial charge in [0.05, 0.1) is 25.5 Å². The Kier molecular flexibility index (Phi) is 3.87. The predicted molar refractivity (Wildman–Crippen MR) is 84.3 cm³/mol. The second-order valence-corrected chi connectivity index (χ2v) is 4.69. The third kappa shape index (κ3) is 3.23. The van der Waals surface area contributed by atoms with Crippen LogP contribution in [-0.2, 0) is 6.54 Å². The third-order valence-electron chi connectivity index (χ3n) is 3.26. The Morgan fingerprint density at radius 3 is 2.52 bits per heavy atom. The van der Waals surface area contributed by atoms with E-state index in [0.29, 0.717) is 6.54 Å². The van der Waals surface area contributed by atoms with Crippen molar-refractivity contribution >= 4 is 5.69 Å². The summed E-state index contributed by atoms with van der Waals surface area (Å²) in [4.78, 5) is 7.72. The van der Waals surface area contributed by atoms with Gasteiger partial charge in [-0.25, -0.2) is 4.98 Å². The van der Waals surface area contributed by atoms with E-state index >= 15 is 0 Å². The minimum Gasteiger partial charge on any atom is -0.497 e. The Hall–Kier alpha value is -2.75. The largest absolute Gasteiger partial charge is 0.497 e. The van der Waals surface area contributed by atoms with E-state index in [0.717, 1.165) is 28.5 Å². The standard InChI is InChI=1S/C17H17N3O/c1-21-15-9-7-13(8-10-15)16-11-19-17(20-16)12-18-14-5-3-2-4-6-14/h2-11,18H,12H2,1H3,(H,19,20). The van der Waals surface area contributed by atoms with Crippen molar-refractivity contribution in [3.63, 3.8) is 0 Å². The molecule has 4 heteroatoms. The number of methoxy groups -OCH3 is 1. The van der Waals surface area contributed by atoms with Crippen LogP contribution < -0.4 is 10.1 Å². The number of benzene rings is 2. The molecule has 1 aromatic heterocycles. The SMILES string of the molecule is COc1ccc(-c2cnc(CNc3ccccc3)[nH]2)cc1. The van der Waals surface area contributed by atoms with E-state index < -0.39 is 0 Å². The maximum Gasteiger partial charge on any atom is 0.125 e. The van der Waals surface area contributed by atoms with Gasteiger partial charge in [-0.2, -0.15) is 0 Å². The fourth-order valence-corrected chi connectivity index (χ4v) is 2.11. The summed E-state index contributed by atoms with van der Waals surface area (Å²) in [5.74, 6) is 1.76. The number of imidazole rings is 1. The van der Waals surface area contributed by atoms with E-state index in [2.05, 4.69) is 15.3 Å². The Balaban J connectivity index is 1.68. The highest BCUT2D eigenvalue weighted by atomic mass is 16.5. The Labute approximate surface area is 123 Å². The molecule has 0 unspecified atom stereocenters. The van der Waals surface area contributed by atoms with Crippen molar-refractivity contribution in [2.45, 2.75) is 6.54 Å². The average molecular weight is 279 g/mol. The van der Waals surface area contributed by atoms with Crippen LogP contribution in [0.15, 0.2) is 60.8 Å². The number of rotatable bonds is 5. The van der Waals surface area contributed by atoms with Gasteiger partial charge in [0.2, 0.25) is 0 Å². The minimum absolute atomic E-state index is 0.667. The smallest absolute Gasteiger partial charge is 0.125 e. The zero-order chi connectivity index (χ0) is 14.5. The molecule has 1 heterocycles. The molecule has 0 amide bonds. The van der Waals surface area contributed by atoms with Gasteiger partial charge in [-0.1, -0.05) is 18.2 Å². The molecule has 2 N–H and O–H groups in total. The maximum atomic E-state index is 5.16. The molecule has 3 rings (SSSR count). The lowest BCUT2D eigenvalue weighted by atomic mass is 10.2. The van der Waals surface area contributed by atoms with Gasteiger partial charge in [-0.15, -0.1) is 0 Å². The normalized spacial score (nSPS) is 10.3. The molecule has 2 aromatic carbocycles. The van der Waals surface area contributed by atoms with Crippen LogP contribution in [0.5, 0.6) is 5.75 Å². The van der Waals surface area contributed by atoms with E-state index in [1.165, 1.54) is 0 Å². The van der Waals surface area contributed by atoms with Crippen LogP contribution in [0.2, 0.25) is 0 Å². The molecule has 0 fully saturated rings. The zero-order valence-electron chi connectivity index (χ0n) is 11.8. The van der Waals surface area contributed by atoms with Crippen molar-refractivity contribution in [1.29, 1.82) is 0 Å². The molecule has 0 aliphatic rings. The molecule has 0 saturated heterocycles. The highest BCUT2D eigenvalue weighted by Crippen LogP contribution is 2.20. The molecule has 0 aliphatic heterocycles. The molecule has 0 bridgehead atoms. The summed E-state index contributed by atoms with van der Waals surface area (Å²) >= 11 is 0. The Bertz CT molecular complexity index is 690. The number of hydrogen-bond donors (Lipinski definition) is 2. The van der Waals surface area contributed by atoms with Crippen molar-refractivity contribution < 1.29 is 4.74 Å². The van der Waals surface area contributed by atoms with Crippen LogP contribution in [-0.4, -0.2) is 17.1 Å². The molecular weight excluding hydrogens is 262 g/mol. The fraction of sp³-hybridized carbons (Fsp3) is 0.118. The molecule has 0 atom stereocenters. The number of hydrogen-bond acceptors (Lipinski definition) is 3. The van der Waals surface area contributed by atoms with E-state index in [4.69, 9.17) is 4.74 Å². The van der Waals surface area contributed by atoms with Crippen LogP contribution in [0, 0.1) is 0 Å². The Morgan fingerprint density at radius 2 is 1.81 bits per heavy atom. The average Bonchev–Trinajstić information content (AvgIpc) is 3.03. The number of aromatic amines is 1. The van der Waals surface area contributed by atoms with Crippen molar-refractivity contribution in [3.8, 4) is 17.0 Å². The van der Waals surface area contributed by atoms with E-state index in [1.807, 2.05) is 60.8 Å². The monoisotopic (exact) mass is 279 g/mol. The van der Waals surface area contributed by atoms with Crippen LogP contribution in [0.3, 0.4) is 0 Å². The Morgan fingerprint density at radius 1 is 1.05 bits per heavy atom. The zero-order valence-corrected chi connectivity index (χ0v) is 11.8. The van der Waals surface area contributed by atoms with Crippen molar-refractivity contribution in [2.75, 3.05) is 12.4 Å². The van der Waals surface area contributed by atoms with Gasteiger partial charge in [-0.05, 0) is 42.0 Å². The van der Waals surface area contributed by atoms with E-state index in [9.17, 15) is 0 Å². The molecule has 21 heavy (non-hydrogen) atoms. The first kappa shape index (κ1) is 13.2. The highest BCUT2D eigenvalue weighted by Gasteiger charge is 2.03. The third-order valence-corrected chi connectivity index (χ3v) is 3.26. The van der Waals surface area contributed by atoms with Gasteiger partial charge in [0, 0.05) is 5.69 Å². The van der Waals surface area contributed by atoms with Gasteiger partial charge < -0.3 is 15.0 Å². The number of nitrogens with one attached hydrogen (secondary N) is 2. The van der Waals surface area contributed by atoms with E-state index in [-0.39, 0.29) is 0 Å². The molecule has 0 spiro atoms. The summed E-state index contributed by atoms with van der Waals surface area (Å²) in [6, 6.07) is 18.0. The minimum atomic E-state index is 0.667. The summed E-state index contributed by atoms with van der Waals surface area (Å²) in [6.07, 6.45) is 1.85. The summed E-state index contributed by atoms with van der Waals surface area (Å²) in [7, 11) is 1.67. The molecule has 0 aliphatic carbocycles. The van der Waals surface area contributed by atoms with Crippen molar-refractivity contribution in [3.05, 3.63) is 66.6 Å². The number of H-pyrrole nitrogens is 1. The topological polar surface area (TPSA) is 49.9 Å². The van der Waals surface area contributed by atoms with E-state index in [1.54, 1.807) is 7.11 Å². The van der Waals surface area contributed by atoms with Crippen molar-refractivity contribution in [2.24, 2.45) is 0 Å². The lowest BCUT2D eigenvalue weighted by Crippen LogP contribution is -2.00. The quantitative estimate of drug-likeness (QED) is 0.748. The lowest BCUT2D eigenvalue weighted by Gasteiger charge is -2.03. The summed E-state index contributed by atoms with van der Waals surface area (Å²) < 4.78 is 5.16. The lowest BCUT2D eigenvalue weighted by molar-refractivity contribution is 0.415. The number of ether oxygens (including phenoxy) is 1. The van der Waals surface area contributed by atoms with Gasteiger partial charge in [0.25, 0.3) is 0 Å². The molecule has 106 valence electrons. The second kappa shape index (κ2) is 6.13.